The van der Waals surface area contributed by atoms with Gasteiger partial charge < -0.3 is 9.88 Å². The Kier molecular flexibility index (Phi) is 4.47. The molecular formula is C21H20FN3S. The summed E-state index contributed by atoms with van der Waals surface area (Å²) in [5, 5.41) is 7.09. The molecule has 0 saturated carbocycles. The van der Waals surface area contributed by atoms with E-state index in [9.17, 15) is 4.39 Å². The molecular weight excluding hydrogens is 345 g/mol. The number of anilines is 1. The summed E-state index contributed by atoms with van der Waals surface area (Å²) in [6.07, 6.45) is 0. The molecule has 2 heterocycles. The van der Waals surface area contributed by atoms with Crippen molar-refractivity contribution in [2.45, 2.75) is 20.4 Å². The smallest absolute Gasteiger partial charge is 0.183 e. The van der Waals surface area contributed by atoms with Crippen molar-refractivity contribution < 1.29 is 4.39 Å². The normalized spacial score (nSPS) is 11.2. The monoisotopic (exact) mass is 365 g/mol. The molecule has 0 unspecified atom stereocenters. The number of rotatable bonds is 5. The van der Waals surface area contributed by atoms with Crippen LogP contribution in [0, 0.1) is 12.7 Å². The highest BCUT2D eigenvalue weighted by Crippen LogP contribution is 2.36. The van der Waals surface area contributed by atoms with E-state index in [1.54, 1.807) is 17.4 Å². The van der Waals surface area contributed by atoms with Crippen LogP contribution in [0.2, 0.25) is 0 Å². The maximum atomic E-state index is 14.0. The molecule has 132 valence electrons. The molecule has 2 aromatic heterocycles. The Bertz CT molecular complexity index is 1050. The summed E-state index contributed by atoms with van der Waals surface area (Å²) in [6.45, 7) is 5.71. The minimum absolute atomic E-state index is 0.224. The van der Waals surface area contributed by atoms with Gasteiger partial charge in [0, 0.05) is 40.6 Å². The molecule has 0 aliphatic heterocycles. The van der Waals surface area contributed by atoms with Crippen molar-refractivity contribution in [3.63, 3.8) is 0 Å². The first-order valence-electron chi connectivity index (χ1n) is 8.69. The maximum Gasteiger partial charge on any atom is 0.183 e. The first-order chi connectivity index (χ1) is 12.7. The Morgan fingerprint density at radius 1 is 1.15 bits per heavy atom. The fraction of sp³-hybridized carbons (Fsp3) is 0.190. The molecule has 4 rings (SSSR count). The van der Waals surface area contributed by atoms with Gasteiger partial charge in [-0.25, -0.2) is 9.37 Å². The van der Waals surface area contributed by atoms with Crippen molar-refractivity contribution in [3.8, 4) is 11.3 Å². The van der Waals surface area contributed by atoms with Gasteiger partial charge in [0.05, 0.1) is 5.69 Å². The highest BCUT2D eigenvalue weighted by Gasteiger charge is 2.18. The van der Waals surface area contributed by atoms with E-state index in [2.05, 4.69) is 28.9 Å². The Morgan fingerprint density at radius 2 is 1.96 bits per heavy atom. The van der Waals surface area contributed by atoms with Crippen LogP contribution >= 0.6 is 11.3 Å². The molecule has 4 aromatic rings. The van der Waals surface area contributed by atoms with Crippen molar-refractivity contribution >= 4 is 27.4 Å². The first kappa shape index (κ1) is 16.8. The molecule has 5 heteroatoms. The Balaban J connectivity index is 1.89. The van der Waals surface area contributed by atoms with E-state index in [0.29, 0.717) is 0 Å². The van der Waals surface area contributed by atoms with Crippen LogP contribution in [0.15, 0.2) is 53.9 Å². The average Bonchev–Trinajstić information content (AvgIpc) is 3.19. The number of aromatic nitrogens is 2. The lowest BCUT2D eigenvalue weighted by molar-refractivity contribution is 0.629. The van der Waals surface area contributed by atoms with Crippen molar-refractivity contribution in [2.24, 2.45) is 0 Å². The van der Waals surface area contributed by atoms with Crippen LogP contribution in [0.25, 0.3) is 22.2 Å². The molecule has 0 atom stereocenters. The Hall–Kier alpha value is -2.66. The number of hydrogen-bond acceptors (Lipinski definition) is 3. The quantitative estimate of drug-likeness (QED) is 0.492. The van der Waals surface area contributed by atoms with Crippen LogP contribution in [0.4, 0.5) is 9.52 Å². The molecule has 0 amide bonds. The van der Waals surface area contributed by atoms with Gasteiger partial charge in [-0.15, -0.1) is 11.3 Å². The van der Waals surface area contributed by atoms with Crippen LogP contribution in [0.5, 0.6) is 0 Å². The Morgan fingerprint density at radius 3 is 2.73 bits per heavy atom. The van der Waals surface area contributed by atoms with Crippen molar-refractivity contribution in [2.75, 3.05) is 11.9 Å². The van der Waals surface area contributed by atoms with E-state index in [0.717, 1.165) is 46.1 Å². The zero-order chi connectivity index (χ0) is 18.1. The molecule has 1 N–H and O–H groups in total. The van der Waals surface area contributed by atoms with Crippen LogP contribution < -0.4 is 5.32 Å². The van der Waals surface area contributed by atoms with Gasteiger partial charge in [-0.05, 0) is 37.6 Å². The molecule has 0 radical (unpaired) electrons. The Labute approximate surface area is 156 Å². The predicted octanol–water partition coefficient (Wildman–Crippen LogP) is 5.69. The van der Waals surface area contributed by atoms with Gasteiger partial charge in [0.25, 0.3) is 0 Å². The van der Waals surface area contributed by atoms with Gasteiger partial charge in [0.1, 0.15) is 5.82 Å². The van der Waals surface area contributed by atoms with Crippen LogP contribution in [0.3, 0.4) is 0 Å². The summed E-state index contributed by atoms with van der Waals surface area (Å²) in [5.74, 6) is -0.224. The predicted molar refractivity (Wildman–Crippen MR) is 107 cm³/mol. The second-order valence-corrected chi connectivity index (χ2v) is 7.12. The zero-order valence-corrected chi connectivity index (χ0v) is 15.6. The molecule has 0 aliphatic rings. The lowest BCUT2D eigenvalue weighted by Crippen LogP contribution is -2.01. The average molecular weight is 365 g/mol. The molecule has 0 bridgehead atoms. The number of fused-ring (bicyclic) bond motifs is 1. The van der Waals surface area contributed by atoms with Gasteiger partial charge in [-0.2, -0.15) is 0 Å². The summed E-state index contributed by atoms with van der Waals surface area (Å²) in [7, 11) is 0. The zero-order valence-electron chi connectivity index (χ0n) is 14.8. The fourth-order valence-corrected chi connectivity index (χ4v) is 4.14. The van der Waals surface area contributed by atoms with Crippen molar-refractivity contribution in [3.05, 3.63) is 71.0 Å². The minimum Gasteiger partial charge on any atom is -0.362 e. The highest BCUT2D eigenvalue weighted by molar-refractivity contribution is 7.14. The number of nitrogens with one attached hydrogen (secondary N) is 1. The third-order valence-electron chi connectivity index (χ3n) is 4.56. The summed E-state index contributed by atoms with van der Waals surface area (Å²) in [6, 6.07) is 15.3. The fourth-order valence-electron chi connectivity index (χ4n) is 3.37. The SMILES string of the molecule is CCNc1nc(-c2c(C)n(Cc3ccccc3)c3ccc(F)cc23)cs1. The summed E-state index contributed by atoms with van der Waals surface area (Å²) in [4.78, 5) is 4.70. The minimum atomic E-state index is -0.224. The largest absolute Gasteiger partial charge is 0.362 e. The van der Waals surface area contributed by atoms with Gasteiger partial charge in [0.2, 0.25) is 0 Å². The molecule has 0 saturated heterocycles. The second-order valence-electron chi connectivity index (χ2n) is 6.26. The highest BCUT2D eigenvalue weighted by atomic mass is 32.1. The number of thiazole rings is 1. The molecule has 0 aliphatic carbocycles. The van der Waals surface area contributed by atoms with Crippen molar-refractivity contribution in [1.29, 1.82) is 0 Å². The van der Waals surface area contributed by atoms with Gasteiger partial charge >= 0.3 is 0 Å². The molecule has 3 nitrogen and oxygen atoms in total. The molecule has 0 spiro atoms. The molecule has 0 fully saturated rings. The van der Waals surface area contributed by atoms with E-state index in [1.165, 1.54) is 11.6 Å². The third kappa shape index (κ3) is 2.99. The van der Waals surface area contributed by atoms with Crippen LogP contribution in [-0.4, -0.2) is 16.1 Å². The lowest BCUT2D eigenvalue weighted by Gasteiger charge is -2.09. The molecule has 26 heavy (non-hydrogen) atoms. The number of halogens is 1. The first-order valence-corrected chi connectivity index (χ1v) is 9.57. The summed E-state index contributed by atoms with van der Waals surface area (Å²) in [5.41, 5.74) is 5.25. The summed E-state index contributed by atoms with van der Waals surface area (Å²) < 4.78 is 16.2. The van der Waals surface area contributed by atoms with Crippen LogP contribution in [0.1, 0.15) is 18.2 Å². The van der Waals surface area contributed by atoms with E-state index >= 15 is 0 Å². The van der Waals surface area contributed by atoms with Gasteiger partial charge in [-0.3, -0.25) is 0 Å². The number of hydrogen-bond donors (Lipinski definition) is 1. The third-order valence-corrected chi connectivity index (χ3v) is 5.36. The number of nitrogens with zero attached hydrogens (tertiary/aromatic N) is 2. The second kappa shape index (κ2) is 6.92. The van der Waals surface area contributed by atoms with Gasteiger partial charge in [0.15, 0.2) is 5.13 Å². The van der Waals surface area contributed by atoms with Crippen LogP contribution in [-0.2, 0) is 6.54 Å². The van der Waals surface area contributed by atoms with E-state index in [1.807, 2.05) is 36.6 Å². The standard InChI is InChI=1S/C21H20FN3S/c1-3-23-21-24-18(13-26-21)20-14(2)25(12-15-7-5-4-6-8-15)19-10-9-16(22)11-17(19)20/h4-11,13H,3,12H2,1-2H3,(H,23,24). The topological polar surface area (TPSA) is 29.9 Å². The van der Waals surface area contributed by atoms with Gasteiger partial charge in [-0.1, -0.05) is 30.3 Å². The number of benzene rings is 2. The lowest BCUT2D eigenvalue weighted by atomic mass is 10.1. The maximum absolute atomic E-state index is 14.0. The van der Waals surface area contributed by atoms with E-state index < -0.39 is 0 Å². The summed E-state index contributed by atoms with van der Waals surface area (Å²) >= 11 is 1.58. The molecule has 2 aromatic carbocycles. The van der Waals surface area contributed by atoms with Crippen molar-refractivity contribution in [1.82, 2.24) is 9.55 Å². The van der Waals surface area contributed by atoms with E-state index in [4.69, 9.17) is 4.98 Å². The van der Waals surface area contributed by atoms with E-state index in [-0.39, 0.29) is 5.82 Å².